The zero-order valence-electron chi connectivity index (χ0n) is 16.8. The van der Waals surface area contributed by atoms with Gasteiger partial charge < -0.3 is 24.6 Å². The zero-order valence-corrected chi connectivity index (χ0v) is 16.8. The Labute approximate surface area is 174 Å². The number of hydroxylamine groups is 1. The summed E-state index contributed by atoms with van der Waals surface area (Å²) >= 11 is 0. The van der Waals surface area contributed by atoms with Crippen LogP contribution in [-0.2, 0) is 14.3 Å². The van der Waals surface area contributed by atoms with Crippen LogP contribution < -0.4 is 15.5 Å². The van der Waals surface area contributed by atoms with Crippen LogP contribution in [0.5, 0.6) is 17.2 Å². The van der Waals surface area contributed by atoms with Crippen molar-refractivity contribution in [1.29, 1.82) is 0 Å². The zero-order chi connectivity index (χ0) is 21.9. The fourth-order valence-corrected chi connectivity index (χ4v) is 2.68. The van der Waals surface area contributed by atoms with E-state index in [-0.39, 0.29) is 31.5 Å². The predicted molar refractivity (Wildman–Crippen MR) is 107 cm³/mol. The molecule has 0 spiro atoms. The molecule has 0 fully saturated rings. The van der Waals surface area contributed by atoms with Crippen LogP contribution in [0.2, 0.25) is 0 Å². The Bertz CT molecular complexity index is 809. The summed E-state index contributed by atoms with van der Waals surface area (Å²) < 4.78 is 15.8. The van der Waals surface area contributed by atoms with Crippen LogP contribution >= 0.6 is 0 Å². The van der Waals surface area contributed by atoms with Crippen molar-refractivity contribution in [3.05, 3.63) is 54.1 Å². The first kappa shape index (κ1) is 23.1. The number of phenolic OH excluding ortho intramolecular Hbond substituents is 1. The van der Waals surface area contributed by atoms with Crippen molar-refractivity contribution >= 4 is 11.8 Å². The highest BCUT2D eigenvalue weighted by molar-refractivity contribution is 5.94. The van der Waals surface area contributed by atoms with Gasteiger partial charge in [0, 0.05) is 18.6 Å². The minimum Gasteiger partial charge on any atom is -0.508 e. The molecule has 0 aliphatic rings. The van der Waals surface area contributed by atoms with Gasteiger partial charge in [-0.25, -0.2) is 5.48 Å². The lowest BCUT2D eigenvalue weighted by Crippen LogP contribution is -2.41. The summed E-state index contributed by atoms with van der Waals surface area (Å²) in [5.41, 5.74) is 2.01. The molecule has 0 aliphatic heterocycles. The molecule has 0 aromatic heterocycles. The molecule has 2 atom stereocenters. The number of hydrogen-bond donors (Lipinski definition) is 4. The van der Waals surface area contributed by atoms with E-state index in [9.17, 15) is 14.7 Å². The van der Waals surface area contributed by atoms with Gasteiger partial charge >= 0.3 is 0 Å². The van der Waals surface area contributed by atoms with Crippen molar-refractivity contribution in [2.75, 3.05) is 20.5 Å². The summed E-state index contributed by atoms with van der Waals surface area (Å²) in [5.74, 6) is -0.191. The average Bonchev–Trinajstić information content (AvgIpc) is 2.75. The molecule has 0 unspecified atom stereocenters. The highest BCUT2D eigenvalue weighted by Gasteiger charge is 2.21. The number of aromatic hydroxyl groups is 1. The molecule has 162 valence electrons. The van der Waals surface area contributed by atoms with Gasteiger partial charge in [0.25, 0.3) is 5.91 Å². The standard InChI is InChI=1S/C21H26N2O7/c1-14(20(25)23-27)11-16(12-29-13-28-2)22-21(26)15-3-7-18(8-4-15)30-19-9-5-17(24)6-10-19/h3-10,14,16,24,27H,11-13H2,1-2H3,(H,22,26)(H,23,25)/t14-,16-/m0/s1. The van der Waals surface area contributed by atoms with Gasteiger partial charge in [0.15, 0.2) is 0 Å². The van der Waals surface area contributed by atoms with E-state index in [4.69, 9.17) is 19.4 Å². The van der Waals surface area contributed by atoms with Crippen molar-refractivity contribution in [3.8, 4) is 17.2 Å². The summed E-state index contributed by atoms with van der Waals surface area (Å²) in [6.45, 7) is 1.83. The Morgan fingerprint density at radius 3 is 2.20 bits per heavy atom. The molecule has 0 aliphatic carbocycles. The fourth-order valence-electron chi connectivity index (χ4n) is 2.68. The van der Waals surface area contributed by atoms with Crippen molar-refractivity contribution in [2.45, 2.75) is 19.4 Å². The van der Waals surface area contributed by atoms with Crippen LogP contribution in [0, 0.1) is 5.92 Å². The van der Waals surface area contributed by atoms with E-state index < -0.39 is 17.9 Å². The summed E-state index contributed by atoms with van der Waals surface area (Å²) in [4.78, 5) is 24.2. The van der Waals surface area contributed by atoms with Gasteiger partial charge in [-0.05, 0) is 55.0 Å². The molecule has 4 N–H and O–H groups in total. The number of rotatable bonds is 11. The fraction of sp³-hybridized carbons (Fsp3) is 0.333. The smallest absolute Gasteiger partial charge is 0.251 e. The Morgan fingerprint density at radius 1 is 1.03 bits per heavy atom. The quantitative estimate of drug-likeness (QED) is 0.191. The summed E-state index contributed by atoms with van der Waals surface area (Å²) in [6, 6.07) is 12.4. The van der Waals surface area contributed by atoms with E-state index in [0.29, 0.717) is 17.1 Å². The number of nitrogens with one attached hydrogen (secondary N) is 2. The van der Waals surface area contributed by atoms with Gasteiger partial charge in [-0.2, -0.15) is 0 Å². The number of benzene rings is 2. The number of methoxy groups -OCH3 is 1. The van der Waals surface area contributed by atoms with Crippen molar-refractivity contribution in [3.63, 3.8) is 0 Å². The molecule has 30 heavy (non-hydrogen) atoms. The lowest BCUT2D eigenvalue weighted by Gasteiger charge is -2.21. The minimum atomic E-state index is -0.545. The Morgan fingerprint density at radius 2 is 1.63 bits per heavy atom. The molecule has 0 saturated heterocycles. The Hall–Kier alpha value is -3.14. The lowest BCUT2D eigenvalue weighted by atomic mass is 10.0. The molecule has 9 nitrogen and oxygen atoms in total. The van der Waals surface area contributed by atoms with E-state index in [2.05, 4.69) is 5.32 Å². The normalized spacial score (nSPS) is 12.6. The Kier molecular flexibility index (Phi) is 9.07. The number of hydrogen-bond acceptors (Lipinski definition) is 7. The van der Waals surface area contributed by atoms with Crippen LogP contribution in [-0.4, -0.2) is 48.7 Å². The third-order valence-electron chi connectivity index (χ3n) is 4.24. The first-order valence-electron chi connectivity index (χ1n) is 9.31. The molecule has 0 radical (unpaired) electrons. The largest absolute Gasteiger partial charge is 0.508 e. The Balaban J connectivity index is 1.99. The van der Waals surface area contributed by atoms with Gasteiger partial charge in [-0.3, -0.25) is 14.8 Å². The van der Waals surface area contributed by atoms with E-state index in [1.165, 1.54) is 19.2 Å². The van der Waals surface area contributed by atoms with E-state index in [1.807, 2.05) is 0 Å². The third kappa shape index (κ3) is 7.36. The second-order valence-corrected chi connectivity index (χ2v) is 6.68. The number of carbonyl (C=O) groups is 2. The van der Waals surface area contributed by atoms with Gasteiger partial charge in [0.2, 0.25) is 5.91 Å². The highest BCUT2D eigenvalue weighted by atomic mass is 16.7. The van der Waals surface area contributed by atoms with Crippen molar-refractivity contribution < 1.29 is 34.1 Å². The van der Waals surface area contributed by atoms with E-state index >= 15 is 0 Å². The van der Waals surface area contributed by atoms with E-state index in [1.54, 1.807) is 48.8 Å². The SMILES string of the molecule is COCOC[C@H](C[C@H](C)C(=O)NO)NC(=O)c1ccc(Oc2ccc(O)cc2)cc1. The van der Waals surface area contributed by atoms with Gasteiger partial charge in [-0.1, -0.05) is 6.92 Å². The molecule has 2 amide bonds. The number of carbonyl (C=O) groups excluding carboxylic acids is 2. The van der Waals surface area contributed by atoms with Crippen LogP contribution in [0.15, 0.2) is 48.5 Å². The van der Waals surface area contributed by atoms with Crippen LogP contribution in [0.25, 0.3) is 0 Å². The lowest BCUT2D eigenvalue weighted by molar-refractivity contribution is -0.133. The van der Waals surface area contributed by atoms with Gasteiger partial charge in [-0.15, -0.1) is 0 Å². The maximum atomic E-state index is 12.6. The second-order valence-electron chi connectivity index (χ2n) is 6.68. The number of ether oxygens (including phenoxy) is 3. The van der Waals surface area contributed by atoms with Crippen LogP contribution in [0.3, 0.4) is 0 Å². The summed E-state index contributed by atoms with van der Waals surface area (Å²) in [7, 11) is 1.48. The first-order chi connectivity index (χ1) is 14.4. The van der Waals surface area contributed by atoms with Crippen LogP contribution in [0.4, 0.5) is 0 Å². The second kappa shape index (κ2) is 11.8. The number of phenols is 1. The van der Waals surface area contributed by atoms with Crippen LogP contribution in [0.1, 0.15) is 23.7 Å². The molecule has 2 aromatic carbocycles. The highest BCUT2D eigenvalue weighted by Crippen LogP contribution is 2.23. The maximum Gasteiger partial charge on any atom is 0.251 e. The molecular formula is C21H26N2O7. The predicted octanol–water partition coefficient (Wildman–Crippen LogP) is 2.44. The van der Waals surface area contributed by atoms with E-state index in [0.717, 1.165) is 0 Å². The molecule has 2 aromatic rings. The topological polar surface area (TPSA) is 126 Å². The van der Waals surface area contributed by atoms with Crippen molar-refractivity contribution in [2.24, 2.45) is 5.92 Å². The van der Waals surface area contributed by atoms with Crippen molar-refractivity contribution in [1.82, 2.24) is 10.8 Å². The molecule has 0 bridgehead atoms. The van der Waals surface area contributed by atoms with Gasteiger partial charge in [0.1, 0.15) is 24.0 Å². The minimum absolute atomic E-state index is 0.0518. The third-order valence-corrected chi connectivity index (χ3v) is 4.24. The monoisotopic (exact) mass is 418 g/mol. The summed E-state index contributed by atoms with van der Waals surface area (Å²) in [5, 5.41) is 20.9. The molecule has 9 heteroatoms. The number of amides is 2. The molecular weight excluding hydrogens is 392 g/mol. The molecule has 2 rings (SSSR count). The molecule has 0 saturated carbocycles. The maximum absolute atomic E-state index is 12.6. The molecule has 0 heterocycles. The summed E-state index contributed by atoms with van der Waals surface area (Å²) in [6.07, 6.45) is 0.268. The van der Waals surface area contributed by atoms with Gasteiger partial charge in [0.05, 0.1) is 12.6 Å². The first-order valence-corrected chi connectivity index (χ1v) is 9.31. The average molecular weight is 418 g/mol.